The maximum absolute atomic E-state index is 13.3. The van der Waals surface area contributed by atoms with Crippen LogP contribution in [-0.2, 0) is 43.4 Å². The highest BCUT2D eigenvalue weighted by Gasteiger charge is 2.33. The molecule has 4 heterocycles. The number of hydrogen-bond acceptors (Lipinski definition) is 9. The Hall–Kier alpha value is -4.91. The first-order chi connectivity index (χ1) is 22.6. The first-order valence-corrected chi connectivity index (χ1v) is 15.5. The Labute approximate surface area is 273 Å². The van der Waals surface area contributed by atoms with Crippen LogP contribution < -0.4 is 14.8 Å². The van der Waals surface area contributed by atoms with Crippen molar-refractivity contribution in [2.24, 2.45) is 0 Å². The highest BCUT2D eigenvalue weighted by molar-refractivity contribution is 5.85. The smallest absolute Gasteiger partial charge is 0.290 e. The topological polar surface area (TPSA) is 161 Å². The number of amides is 3. The van der Waals surface area contributed by atoms with E-state index < -0.39 is 6.10 Å². The lowest BCUT2D eigenvalue weighted by Gasteiger charge is -2.39. The number of carboxylic acid groups (broad SMARTS) is 1. The fourth-order valence-electron chi connectivity index (χ4n) is 5.70. The van der Waals surface area contributed by atoms with Gasteiger partial charge in [-0.3, -0.25) is 19.2 Å². The van der Waals surface area contributed by atoms with Crippen LogP contribution in [0.2, 0.25) is 0 Å². The lowest BCUT2D eigenvalue weighted by atomic mass is 10.00. The molecule has 6 rings (SSSR count). The quantitative estimate of drug-likeness (QED) is 0.401. The molecule has 0 spiro atoms. The molecule has 13 nitrogen and oxygen atoms in total. The van der Waals surface area contributed by atoms with Gasteiger partial charge in [0.15, 0.2) is 11.5 Å². The van der Waals surface area contributed by atoms with Crippen LogP contribution in [0.1, 0.15) is 47.4 Å². The Morgan fingerprint density at radius 2 is 1.94 bits per heavy atom. The van der Waals surface area contributed by atoms with Gasteiger partial charge in [0.1, 0.15) is 11.5 Å². The summed E-state index contributed by atoms with van der Waals surface area (Å²) in [6, 6.07) is 12.9. The lowest BCUT2D eigenvalue weighted by molar-refractivity contribution is -0.139. The van der Waals surface area contributed by atoms with Gasteiger partial charge >= 0.3 is 0 Å². The number of benzene rings is 2. The van der Waals surface area contributed by atoms with E-state index >= 15 is 0 Å². The summed E-state index contributed by atoms with van der Waals surface area (Å²) in [5, 5.41) is 13.9. The van der Waals surface area contributed by atoms with Crippen molar-refractivity contribution in [2.45, 2.75) is 64.7 Å². The number of aryl methyl sites for hydroxylation is 3. The molecule has 0 radical (unpaired) electrons. The fourth-order valence-corrected chi connectivity index (χ4v) is 5.70. The van der Waals surface area contributed by atoms with Crippen molar-refractivity contribution >= 4 is 24.2 Å². The summed E-state index contributed by atoms with van der Waals surface area (Å²) in [6.45, 7) is 4.48. The van der Waals surface area contributed by atoms with Crippen LogP contribution in [0.25, 0.3) is 0 Å². The Morgan fingerprint density at radius 1 is 1.15 bits per heavy atom. The summed E-state index contributed by atoms with van der Waals surface area (Å²) in [5.74, 6) is 2.07. The molecular formula is C34H42N4O9. The van der Waals surface area contributed by atoms with Crippen LogP contribution in [0.15, 0.2) is 47.0 Å². The first kappa shape index (κ1) is 35.0. The molecule has 2 atom stereocenters. The predicted molar refractivity (Wildman–Crippen MR) is 170 cm³/mol. The minimum Gasteiger partial charge on any atom is -0.493 e. The largest absolute Gasteiger partial charge is 0.493 e. The Bertz CT molecular complexity index is 1540. The predicted octanol–water partition coefficient (Wildman–Crippen LogP) is 3.43. The second-order valence-corrected chi connectivity index (χ2v) is 11.5. The third kappa shape index (κ3) is 9.55. The lowest BCUT2D eigenvalue weighted by Crippen LogP contribution is -2.57. The molecule has 0 saturated carbocycles. The van der Waals surface area contributed by atoms with E-state index in [4.69, 9.17) is 28.6 Å². The number of carbonyl (C=O) groups excluding carboxylic acids is 3. The van der Waals surface area contributed by atoms with Gasteiger partial charge < -0.3 is 39.0 Å². The molecule has 3 aliphatic heterocycles. The molecule has 252 valence electrons. The van der Waals surface area contributed by atoms with Gasteiger partial charge in [0, 0.05) is 38.5 Å². The molecule has 3 amide bonds. The van der Waals surface area contributed by atoms with E-state index in [1.54, 1.807) is 19.1 Å². The summed E-state index contributed by atoms with van der Waals surface area (Å²) >= 11 is 0. The van der Waals surface area contributed by atoms with Gasteiger partial charge in [0.05, 0.1) is 38.1 Å². The van der Waals surface area contributed by atoms with E-state index in [1.807, 2.05) is 56.3 Å². The molecule has 0 unspecified atom stereocenters. The summed E-state index contributed by atoms with van der Waals surface area (Å²) in [6.07, 6.45) is 1.69. The summed E-state index contributed by atoms with van der Waals surface area (Å²) in [4.78, 5) is 50.8. The Balaban J connectivity index is 0.00000160. The number of piperidine rings is 1. The van der Waals surface area contributed by atoms with E-state index in [-0.39, 0.29) is 49.8 Å². The standard InChI is InChI=1S/C33H40N4O7.CH2O2/c1-21-26(22(2)44-35-21)10-13-33(40)37-15-14-27-30(18-37)42-20-24-6-5-7-25(16-24)43-28-11-8-23(17-29(28)41-4)9-12-32(39)36(3)19-31(38)34-27;2-1-3/h5-8,11,16-17,27,30H,9-10,12-15,18-20H2,1-4H3,(H,34,38);1H,(H,2,3)/t27-,30-;/m0./s1. The number of likely N-dealkylation sites (N-methyl/N-ethyl adjacent to an activating group) is 1. The van der Waals surface area contributed by atoms with E-state index in [1.165, 1.54) is 4.90 Å². The van der Waals surface area contributed by atoms with Crippen molar-refractivity contribution in [3.8, 4) is 17.2 Å². The summed E-state index contributed by atoms with van der Waals surface area (Å²) in [5.41, 5.74) is 3.56. The number of ether oxygens (including phenoxy) is 3. The van der Waals surface area contributed by atoms with E-state index in [9.17, 15) is 14.4 Å². The second-order valence-electron chi connectivity index (χ2n) is 11.5. The van der Waals surface area contributed by atoms with Gasteiger partial charge in [-0.05, 0) is 68.5 Å². The zero-order valence-corrected chi connectivity index (χ0v) is 27.2. The minimum absolute atomic E-state index is 0.00875. The van der Waals surface area contributed by atoms with Crippen molar-refractivity contribution in [1.29, 1.82) is 0 Å². The van der Waals surface area contributed by atoms with Crippen LogP contribution in [0.3, 0.4) is 0 Å². The van der Waals surface area contributed by atoms with Crippen LogP contribution in [-0.4, -0.2) is 90.2 Å². The van der Waals surface area contributed by atoms with Gasteiger partial charge in [0.2, 0.25) is 17.7 Å². The molecule has 47 heavy (non-hydrogen) atoms. The molecule has 2 N–H and O–H groups in total. The average molecular weight is 651 g/mol. The normalized spacial score (nSPS) is 18.7. The molecule has 2 aromatic carbocycles. The van der Waals surface area contributed by atoms with Crippen molar-refractivity contribution in [3.05, 3.63) is 70.6 Å². The molecule has 3 aromatic rings. The first-order valence-electron chi connectivity index (χ1n) is 15.5. The number of fused-ring (bicyclic) bond motifs is 9. The molecule has 1 aromatic heterocycles. The number of nitrogens with zero attached hydrogens (tertiary/aromatic N) is 3. The average Bonchev–Trinajstić information content (AvgIpc) is 3.38. The van der Waals surface area contributed by atoms with Crippen LogP contribution >= 0.6 is 0 Å². The van der Waals surface area contributed by atoms with Gasteiger partial charge in [-0.1, -0.05) is 23.4 Å². The maximum Gasteiger partial charge on any atom is 0.290 e. The van der Waals surface area contributed by atoms with Gasteiger partial charge in [-0.25, -0.2) is 0 Å². The third-order valence-electron chi connectivity index (χ3n) is 8.28. The Kier molecular flexibility index (Phi) is 12.3. The third-order valence-corrected chi connectivity index (χ3v) is 8.28. The van der Waals surface area contributed by atoms with E-state index in [0.29, 0.717) is 56.0 Å². The number of nitrogens with one attached hydrogen (secondary N) is 1. The van der Waals surface area contributed by atoms with Gasteiger partial charge in [-0.2, -0.15) is 0 Å². The van der Waals surface area contributed by atoms with Crippen LogP contribution in [0.5, 0.6) is 17.2 Å². The van der Waals surface area contributed by atoms with Crippen LogP contribution in [0.4, 0.5) is 0 Å². The highest BCUT2D eigenvalue weighted by atomic mass is 16.5. The number of aromatic nitrogens is 1. The molecule has 1 fully saturated rings. The van der Waals surface area contributed by atoms with Crippen LogP contribution in [0, 0.1) is 13.8 Å². The van der Waals surface area contributed by atoms with E-state index in [2.05, 4.69) is 10.5 Å². The summed E-state index contributed by atoms with van der Waals surface area (Å²) in [7, 11) is 3.21. The van der Waals surface area contributed by atoms with Crippen molar-refractivity contribution in [3.63, 3.8) is 0 Å². The number of methoxy groups -OCH3 is 1. The number of likely N-dealkylation sites (tertiary alicyclic amines) is 1. The fraction of sp³-hybridized carbons (Fsp3) is 0.441. The number of hydrogen-bond donors (Lipinski definition) is 2. The molecule has 3 aliphatic rings. The molecular weight excluding hydrogens is 608 g/mol. The molecule has 13 heteroatoms. The SMILES string of the molecule is COc1cc2ccc1Oc1cccc(c1)CO[C@H]1CN(C(=O)CCc3c(C)noc3C)CC[C@@H]1NC(=O)CN(C)C(=O)CC2.O=CO. The highest BCUT2D eigenvalue weighted by Crippen LogP contribution is 2.33. The zero-order valence-electron chi connectivity index (χ0n) is 27.2. The number of rotatable bonds is 4. The van der Waals surface area contributed by atoms with E-state index in [0.717, 1.165) is 28.1 Å². The van der Waals surface area contributed by atoms with Crippen molar-refractivity contribution in [1.82, 2.24) is 20.3 Å². The molecule has 4 bridgehead atoms. The Morgan fingerprint density at radius 3 is 2.66 bits per heavy atom. The second kappa shape index (κ2) is 16.6. The zero-order chi connectivity index (χ0) is 33.9. The van der Waals surface area contributed by atoms with Gasteiger partial charge in [0.25, 0.3) is 6.47 Å². The molecule has 0 aliphatic carbocycles. The van der Waals surface area contributed by atoms with Crippen molar-refractivity contribution < 1.29 is 43.0 Å². The van der Waals surface area contributed by atoms with Crippen molar-refractivity contribution in [2.75, 3.05) is 33.8 Å². The van der Waals surface area contributed by atoms with Gasteiger partial charge in [-0.15, -0.1) is 0 Å². The minimum atomic E-state index is -0.448. The molecule has 1 saturated heterocycles. The monoisotopic (exact) mass is 650 g/mol. The summed E-state index contributed by atoms with van der Waals surface area (Å²) < 4.78 is 23.4. The maximum atomic E-state index is 13.3. The number of carbonyl (C=O) groups is 4.